The number of nitrogens with one attached hydrogen (secondary N) is 1. The summed E-state index contributed by atoms with van der Waals surface area (Å²) in [7, 11) is 2.06. The molecule has 1 aliphatic rings. The molecular formula is C13H16FN3O. The number of hydrogen-bond acceptors (Lipinski definition) is 3. The Morgan fingerprint density at radius 3 is 2.50 bits per heavy atom. The zero-order valence-corrected chi connectivity index (χ0v) is 10.3. The summed E-state index contributed by atoms with van der Waals surface area (Å²) in [6, 6.07) is 5.41. The van der Waals surface area contributed by atoms with Crippen molar-refractivity contribution in [3.05, 3.63) is 35.6 Å². The molecule has 1 aromatic carbocycles. The quantitative estimate of drug-likeness (QED) is 0.810. The van der Waals surface area contributed by atoms with Crippen molar-refractivity contribution in [2.75, 3.05) is 20.1 Å². The number of amides is 1. The van der Waals surface area contributed by atoms with Crippen LogP contribution >= 0.6 is 0 Å². The van der Waals surface area contributed by atoms with E-state index >= 15 is 0 Å². The van der Waals surface area contributed by atoms with Crippen LogP contribution in [0.25, 0.3) is 0 Å². The third-order valence-electron chi connectivity index (χ3n) is 2.99. The highest BCUT2D eigenvalue weighted by Gasteiger charge is 2.12. The van der Waals surface area contributed by atoms with Crippen LogP contribution in [0.3, 0.4) is 0 Å². The van der Waals surface area contributed by atoms with Gasteiger partial charge in [0.2, 0.25) is 0 Å². The van der Waals surface area contributed by atoms with Gasteiger partial charge in [-0.3, -0.25) is 4.79 Å². The van der Waals surface area contributed by atoms with Crippen molar-refractivity contribution >= 4 is 11.6 Å². The fraction of sp³-hybridized carbons (Fsp3) is 0.385. The number of benzene rings is 1. The van der Waals surface area contributed by atoms with Crippen LogP contribution in [0.5, 0.6) is 0 Å². The highest BCUT2D eigenvalue weighted by molar-refractivity contribution is 5.95. The Balaban J connectivity index is 1.92. The zero-order valence-electron chi connectivity index (χ0n) is 10.3. The van der Waals surface area contributed by atoms with Crippen LogP contribution in [0, 0.1) is 5.82 Å². The molecule has 0 radical (unpaired) electrons. The lowest BCUT2D eigenvalue weighted by atomic mass is 10.1. The monoisotopic (exact) mass is 249 g/mol. The Hall–Kier alpha value is -1.75. The number of likely N-dealkylation sites (tertiary alicyclic amines) is 1. The van der Waals surface area contributed by atoms with E-state index in [2.05, 4.69) is 22.5 Å². The maximum Gasteiger partial charge on any atom is 0.271 e. The molecule has 1 N–H and O–H groups in total. The molecule has 1 saturated heterocycles. The molecule has 0 aromatic heterocycles. The highest BCUT2D eigenvalue weighted by Crippen LogP contribution is 2.05. The summed E-state index contributed by atoms with van der Waals surface area (Å²) in [5.74, 6) is -0.658. The van der Waals surface area contributed by atoms with Crippen molar-refractivity contribution in [2.24, 2.45) is 5.10 Å². The summed E-state index contributed by atoms with van der Waals surface area (Å²) in [5.41, 5.74) is 3.93. The summed E-state index contributed by atoms with van der Waals surface area (Å²) in [6.45, 7) is 1.93. The fourth-order valence-electron chi connectivity index (χ4n) is 1.78. The summed E-state index contributed by atoms with van der Waals surface area (Å²) in [6.07, 6.45) is 1.75. The first-order chi connectivity index (χ1) is 8.65. The van der Waals surface area contributed by atoms with E-state index in [1.165, 1.54) is 24.3 Å². The first-order valence-corrected chi connectivity index (χ1v) is 5.95. The number of carbonyl (C=O) groups excluding carboxylic acids is 1. The smallest absolute Gasteiger partial charge is 0.271 e. The van der Waals surface area contributed by atoms with Gasteiger partial charge in [-0.25, -0.2) is 9.82 Å². The molecule has 0 atom stereocenters. The maximum absolute atomic E-state index is 12.7. The van der Waals surface area contributed by atoms with Crippen molar-refractivity contribution in [3.63, 3.8) is 0 Å². The second-order valence-corrected chi connectivity index (χ2v) is 4.43. The van der Waals surface area contributed by atoms with Gasteiger partial charge < -0.3 is 4.90 Å². The maximum atomic E-state index is 12.7. The number of halogens is 1. The van der Waals surface area contributed by atoms with Gasteiger partial charge in [-0.2, -0.15) is 5.10 Å². The predicted molar refractivity (Wildman–Crippen MR) is 68.0 cm³/mol. The number of hydrogen-bond donors (Lipinski definition) is 1. The van der Waals surface area contributed by atoms with Gasteiger partial charge in [0.1, 0.15) is 5.82 Å². The van der Waals surface area contributed by atoms with E-state index in [9.17, 15) is 9.18 Å². The van der Waals surface area contributed by atoms with E-state index in [4.69, 9.17) is 0 Å². The third kappa shape index (κ3) is 3.37. The van der Waals surface area contributed by atoms with E-state index in [0.717, 1.165) is 31.6 Å². The molecule has 0 spiro atoms. The zero-order chi connectivity index (χ0) is 13.0. The number of nitrogens with zero attached hydrogens (tertiary/aromatic N) is 2. The molecular weight excluding hydrogens is 233 g/mol. The molecule has 5 heteroatoms. The van der Waals surface area contributed by atoms with Crippen molar-refractivity contribution in [2.45, 2.75) is 12.8 Å². The molecule has 0 bridgehead atoms. The summed E-state index contributed by atoms with van der Waals surface area (Å²) in [4.78, 5) is 13.9. The Labute approximate surface area is 105 Å². The molecule has 1 aliphatic heterocycles. The van der Waals surface area contributed by atoms with E-state index in [0.29, 0.717) is 5.56 Å². The molecule has 96 valence electrons. The molecule has 2 rings (SSSR count). The van der Waals surface area contributed by atoms with Crippen LogP contribution in [0.1, 0.15) is 23.2 Å². The Bertz CT molecular complexity index is 446. The molecule has 4 nitrogen and oxygen atoms in total. The molecule has 18 heavy (non-hydrogen) atoms. The minimum absolute atomic E-state index is 0.304. The van der Waals surface area contributed by atoms with Crippen molar-refractivity contribution < 1.29 is 9.18 Å². The molecule has 1 aromatic rings. The van der Waals surface area contributed by atoms with Gasteiger partial charge in [0, 0.05) is 37.2 Å². The molecule has 0 aliphatic carbocycles. The fourth-order valence-corrected chi connectivity index (χ4v) is 1.78. The largest absolute Gasteiger partial charge is 0.306 e. The Kier molecular flexibility index (Phi) is 4.04. The van der Waals surface area contributed by atoms with Crippen LogP contribution in [0.4, 0.5) is 4.39 Å². The van der Waals surface area contributed by atoms with Crippen LogP contribution in [-0.4, -0.2) is 36.7 Å². The second kappa shape index (κ2) is 5.73. The van der Waals surface area contributed by atoms with Crippen molar-refractivity contribution in [3.8, 4) is 0 Å². The van der Waals surface area contributed by atoms with Gasteiger partial charge >= 0.3 is 0 Å². The van der Waals surface area contributed by atoms with E-state index in [1.807, 2.05) is 0 Å². The average molecular weight is 249 g/mol. The van der Waals surface area contributed by atoms with Crippen LogP contribution in [0.15, 0.2) is 29.4 Å². The van der Waals surface area contributed by atoms with Crippen LogP contribution in [-0.2, 0) is 0 Å². The first-order valence-electron chi connectivity index (χ1n) is 5.95. The Morgan fingerprint density at radius 1 is 1.28 bits per heavy atom. The van der Waals surface area contributed by atoms with E-state index < -0.39 is 0 Å². The van der Waals surface area contributed by atoms with E-state index in [1.54, 1.807) is 0 Å². The number of piperidine rings is 1. The average Bonchev–Trinajstić information content (AvgIpc) is 2.38. The molecule has 1 heterocycles. The minimum atomic E-state index is -0.354. The van der Waals surface area contributed by atoms with Gasteiger partial charge in [0.25, 0.3) is 5.91 Å². The normalized spacial score (nSPS) is 16.4. The number of hydrazone groups is 1. The predicted octanol–water partition coefficient (Wildman–Crippen LogP) is 1.64. The van der Waals surface area contributed by atoms with Gasteiger partial charge in [-0.05, 0) is 31.3 Å². The molecule has 1 fully saturated rings. The Morgan fingerprint density at radius 2 is 1.89 bits per heavy atom. The van der Waals surface area contributed by atoms with Gasteiger partial charge in [-0.1, -0.05) is 0 Å². The summed E-state index contributed by atoms with van der Waals surface area (Å²) in [5, 5.41) is 4.11. The van der Waals surface area contributed by atoms with Gasteiger partial charge in [0.15, 0.2) is 0 Å². The van der Waals surface area contributed by atoms with E-state index in [-0.39, 0.29) is 11.7 Å². The molecule has 0 saturated carbocycles. The first kappa shape index (κ1) is 12.7. The highest BCUT2D eigenvalue weighted by atomic mass is 19.1. The third-order valence-corrected chi connectivity index (χ3v) is 2.99. The summed E-state index contributed by atoms with van der Waals surface area (Å²) < 4.78 is 12.7. The van der Waals surface area contributed by atoms with Crippen molar-refractivity contribution in [1.29, 1.82) is 0 Å². The van der Waals surface area contributed by atoms with Gasteiger partial charge in [0.05, 0.1) is 0 Å². The van der Waals surface area contributed by atoms with Crippen LogP contribution < -0.4 is 5.43 Å². The lowest BCUT2D eigenvalue weighted by molar-refractivity contribution is 0.0954. The molecule has 1 amide bonds. The van der Waals surface area contributed by atoms with Crippen molar-refractivity contribution in [1.82, 2.24) is 10.3 Å². The minimum Gasteiger partial charge on any atom is -0.306 e. The topological polar surface area (TPSA) is 44.7 Å². The van der Waals surface area contributed by atoms with Gasteiger partial charge in [-0.15, -0.1) is 0 Å². The van der Waals surface area contributed by atoms with Crippen LogP contribution in [0.2, 0.25) is 0 Å². The lowest BCUT2D eigenvalue weighted by Gasteiger charge is -2.22. The standard InChI is InChI=1S/C13H16FN3O/c1-17-8-6-12(7-9-17)15-16-13(18)10-2-4-11(14)5-3-10/h2-5H,6-9H2,1H3,(H,16,18). The second-order valence-electron chi connectivity index (χ2n) is 4.43. The number of carbonyl (C=O) groups is 1. The number of rotatable bonds is 2. The molecule has 0 unspecified atom stereocenters. The summed E-state index contributed by atoms with van der Waals surface area (Å²) >= 11 is 0. The lowest BCUT2D eigenvalue weighted by Crippen LogP contribution is -2.32. The SMILES string of the molecule is CN1CCC(=NNC(=O)c2ccc(F)cc2)CC1.